The lowest BCUT2D eigenvalue weighted by Gasteiger charge is -2.32. The maximum absolute atomic E-state index is 11.7. The lowest BCUT2D eigenvalue weighted by molar-refractivity contribution is -0.145. The number of carboxylic acids is 1. The van der Waals surface area contributed by atoms with Gasteiger partial charge in [-0.2, -0.15) is 15.0 Å². The highest BCUT2D eigenvalue weighted by Crippen LogP contribution is 2.34. The largest absolute Gasteiger partial charge is 0.480 e. The summed E-state index contributed by atoms with van der Waals surface area (Å²) in [7, 11) is 1.75. The smallest absolute Gasteiger partial charge is 0.328 e. The molecule has 1 aromatic carbocycles. The Labute approximate surface area is 129 Å². The van der Waals surface area contributed by atoms with E-state index in [0.29, 0.717) is 12.0 Å². The Hall–Kier alpha value is -2.21. The van der Waals surface area contributed by atoms with E-state index in [9.17, 15) is 9.90 Å². The van der Waals surface area contributed by atoms with Gasteiger partial charge in [0.25, 0.3) is 0 Å². The molecule has 0 spiro atoms. The Bertz CT molecular complexity index is 670. The van der Waals surface area contributed by atoms with Crippen molar-refractivity contribution in [2.75, 3.05) is 0 Å². The molecule has 22 heavy (non-hydrogen) atoms. The fourth-order valence-corrected chi connectivity index (χ4v) is 2.55. The minimum Gasteiger partial charge on any atom is -0.480 e. The number of carbonyl (C=O) groups is 1. The molecular weight excluding hydrogens is 280 g/mol. The van der Waals surface area contributed by atoms with Crippen LogP contribution in [0.15, 0.2) is 30.5 Å². The molecule has 3 N–H and O–H groups in total. The first-order valence-electron chi connectivity index (χ1n) is 7.11. The van der Waals surface area contributed by atoms with E-state index in [4.69, 9.17) is 5.73 Å². The SMILES string of the molecule is Cn1ncc(-c2ccc([C@](N)(CC(C)(C)C)C(=O)O)cc2)n1. The highest BCUT2D eigenvalue weighted by Gasteiger charge is 2.39. The molecule has 2 rings (SSSR count). The molecule has 0 aliphatic carbocycles. The second kappa shape index (κ2) is 5.53. The Morgan fingerprint density at radius 2 is 1.86 bits per heavy atom. The van der Waals surface area contributed by atoms with Gasteiger partial charge in [0, 0.05) is 12.6 Å². The van der Waals surface area contributed by atoms with Crippen molar-refractivity contribution in [3.05, 3.63) is 36.0 Å². The zero-order chi connectivity index (χ0) is 16.5. The molecule has 0 saturated carbocycles. The number of carboxylic acid groups (broad SMARTS) is 1. The number of aliphatic carboxylic acids is 1. The third-order valence-electron chi connectivity index (χ3n) is 3.49. The van der Waals surface area contributed by atoms with Gasteiger partial charge in [-0.15, -0.1) is 0 Å². The van der Waals surface area contributed by atoms with Crippen LogP contribution in [-0.4, -0.2) is 26.1 Å². The van der Waals surface area contributed by atoms with Gasteiger partial charge in [0.05, 0.1) is 6.20 Å². The second-order valence-corrected chi connectivity index (χ2v) is 6.81. The second-order valence-electron chi connectivity index (χ2n) is 6.81. The van der Waals surface area contributed by atoms with Crippen LogP contribution in [0.4, 0.5) is 0 Å². The van der Waals surface area contributed by atoms with E-state index in [1.165, 1.54) is 4.80 Å². The fraction of sp³-hybridized carbons (Fsp3) is 0.438. The molecule has 0 fully saturated rings. The number of nitrogens with two attached hydrogens (primary N) is 1. The number of hydrogen-bond donors (Lipinski definition) is 2. The maximum Gasteiger partial charge on any atom is 0.328 e. The van der Waals surface area contributed by atoms with Gasteiger partial charge in [-0.1, -0.05) is 45.0 Å². The van der Waals surface area contributed by atoms with Crippen molar-refractivity contribution < 1.29 is 9.90 Å². The minimum atomic E-state index is -1.40. The van der Waals surface area contributed by atoms with Crippen molar-refractivity contribution in [3.63, 3.8) is 0 Å². The predicted octanol–water partition coefficient (Wildman–Crippen LogP) is 2.16. The van der Waals surface area contributed by atoms with E-state index >= 15 is 0 Å². The van der Waals surface area contributed by atoms with Gasteiger partial charge >= 0.3 is 5.97 Å². The summed E-state index contributed by atoms with van der Waals surface area (Å²) in [4.78, 5) is 13.2. The molecule has 118 valence electrons. The highest BCUT2D eigenvalue weighted by molar-refractivity contribution is 5.81. The zero-order valence-corrected chi connectivity index (χ0v) is 13.4. The van der Waals surface area contributed by atoms with Gasteiger partial charge in [0.15, 0.2) is 0 Å². The fourth-order valence-electron chi connectivity index (χ4n) is 2.55. The van der Waals surface area contributed by atoms with Gasteiger partial charge in [0.2, 0.25) is 0 Å². The molecule has 0 radical (unpaired) electrons. The average molecular weight is 302 g/mol. The van der Waals surface area contributed by atoms with Crippen LogP contribution < -0.4 is 5.73 Å². The summed E-state index contributed by atoms with van der Waals surface area (Å²) in [5, 5.41) is 17.8. The molecule has 2 aromatic rings. The van der Waals surface area contributed by atoms with Crippen molar-refractivity contribution in [1.82, 2.24) is 15.0 Å². The van der Waals surface area contributed by atoms with Gasteiger partial charge in [0.1, 0.15) is 11.2 Å². The first-order chi connectivity index (χ1) is 10.1. The molecule has 6 heteroatoms. The summed E-state index contributed by atoms with van der Waals surface area (Å²) in [5.74, 6) is -1.02. The average Bonchev–Trinajstić information content (AvgIpc) is 2.83. The number of aryl methyl sites for hydroxylation is 1. The van der Waals surface area contributed by atoms with Gasteiger partial charge in [-0.3, -0.25) is 0 Å². The highest BCUT2D eigenvalue weighted by atomic mass is 16.4. The van der Waals surface area contributed by atoms with Gasteiger partial charge in [-0.05, 0) is 17.4 Å². The van der Waals surface area contributed by atoms with Crippen LogP contribution in [0.2, 0.25) is 0 Å². The van der Waals surface area contributed by atoms with Crippen molar-refractivity contribution in [3.8, 4) is 11.3 Å². The Balaban J connectivity index is 2.36. The van der Waals surface area contributed by atoms with Gasteiger partial charge in [-0.25, -0.2) is 4.79 Å². The molecule has 1 atom stereocenters. The molecule has 0 amide bonds. The van der Waals surface area contributed by atoms with E-state index in [2.05, 4.69) is 10.2 Å². The molecule has 0 aliphatic heterocycles. The van der Waals surface area contributed by atoms with Crippen molar-refractivity contribution in [2.24, 2.45) is 18.2 Å². The summed E-state index contributed by atoms with van der Waals surface area (Å²) >= 11 is 0. The molecule has 0 saturated heterocycles. The molecule has 0 aliphatic rings. The summed E-state index contributed by atoms with van der Waals surface area (Å²) in [6.07, 6.45) is 2.01. The molecular formula is C16H22N4O2. The van der Waals surface area contributed by atoms with Crippen LogP contribution in [0.1, 0.15) is 32.8 Å². The van der Waals surface area contributed by atoms with E-state index in [0.717, 1.165) is 11.3 Å². The van der Waals surface area contributed by atoms with Crippen LogP contribution in [0.5, 0.6) is 0 Å². The predicted molar refractivity (Wildman–Crippen MR) is 84.0 cm³/mol. The molecule has 0 bridgehead atoms. The lowest BCUT2D eigenvalue weighted by atomic mass is 9.76. The van der Waals surface area contributed by atoms with Crippen LogP contribution in [-0.2, 0) is 17.4 Å². The third-order valence-corrected chi connectivity index (χ3v) is 3.49. The number of benzene rings is 1. The number of rotatable bonds is 4. The zero-order valence-electron chi connectivity index (χ0n) is 13.4. The summed E-state index contributed by atoms with van der Waals surface area (Å²) in [6, 6.07) is 7.16. The monoisotopic (exact) mass is 302 g/mol. The van der Waals surface area contributed by atoms with Gasteiger partial charge < -0.3 is 10.8 Å². The molecule has 6 nitrogen and oxygen atoms in total. The van der Waals surface area contributed by atoms with Crippen LogP contribution in [0.3, 0.4) is 0 Å². The van der Waals surface area contributed by atoms with Crippen molar-refractivity contribution >= 4 is 5.97 Å². The van der Waals surface area contributed by atoms with E-state index in [-0.39, 0.29) is 5.41 Å². The minimum absolute atomic E-state index is 0.198. The Kier molecular flexibility index (Phi) is 4.06. The van der Waals surface area contributed by atoms with E-state index < -0.39 is 11.5 Å². The third kappa shape index (κ3) is 3.33. The Morgan fingerprint density at radius 1 is 1.27 bits per heavy atom. The topological polar surface area (TPSA) is 94.0 Å². The van der Waals surface area contributed by atoms with Crippen molar-refractivity contribution in [2.45, 2.75) is 32.7 Å². The molecule has 0 unspecified atom stereocenters. The van der Waals surface area contributed by atoms with Crippen molar-refractivity contribution in [1.29, 1.82) is 0 Å². The van der Waals surface area contributed by atoms with E-state index in [1.54, 1.807) is 25.4 Å². The first-order valence-corrected chi connectivity index (χ1v) is 7.11. The normalized spacial score (nSPS) is 14.6. The Morgan fingerprint density at radius 3 is 2.27 bits per heavy atom. The summed E-state index contributed by atoms with van der Waals surface area (Å²) in [5.41, 5.74) is 6.81. The molecule has 1 aromatic heterocycles. The standard InChI is InChI=1S/C16H22N4O2/c1-15(2,3)10-16(17,14(21)22)12-7-5-11(6-8-12)13-9-18-20(4)19-13/h5-9H,10,17H2,1-4H3,(H,21,22)/t16-/m1/s1. The van der Waals surface area contributed by atoms with Crippen LogP contribution >= 0.6 is 0 Å². The number of hydrogen-bond acceptors (Lipinski definition) is 4. The lowest BCUT2D eigenvalue weighted by Crippen LogP contribution is -2.47. The molecule has 1 heterocycles. The van der Waals surface area contributed by atoms with E-state index in [1.807, 2.05) is 32.9 Å². The number of nitrogens with zero attached hydrogens (tertiary/aromatic N) is 3. The first kappa shape index (κ1) is 16.2. The summed E-state index contributed by atoms with van der Waals surface area (Å²) < 4.78 is 0. The maximum atomic E-state index is 11.7. The summed E-state index contributed by atoms with van der Waals surface area (Å²) in [6.45, 7) is 5.93. The quantitative estimate of drug-likeness (QED) is 0.902. The number of aromatic nitrogens is 3. The van der Waals surface area contributed by atoms with Crippen LogP contribution in [0, 0.1) is 5.41 Å². The van der Waals surface area contributed by atoms with Crippen LogP contribution in [0.25, 0.3) is 11.3 Å².